The maximum atomic E-state index is 12.6. The van der Waals surface area contributed by atoms with Crippen molar-refractivity contribution < 1.29 is 23.9 Å². The van der Waals surface area contributed by atoms with Gasteiger partial charge >= 0.3 is 0 Å². The Kier molecular flexibility index (Phi) is 6.71. The number of thioether (sulfide) groups is 1. The van der Waals surface area contributed by atoms with Crippen molar-refractivity contribution in [3.8, 4) is 0 Å². The highest BCUT2D eigenvalue weighted by Gasteiger charge is 2.36. The minimum absolute atomic E-state index is 0.0178. The summed E-state index contributed by atoms with van der Waals surface area (Å²) in [5, 5.41) is 2.31. The van der Waals surface area contributed by atoms with Crippen LogP contribution in [0, 0.1) is 0 Å². The molecule has 3 aliphatic rings. The van der Waals surface area contributed by atoms with Crippen molar-refractivity contribution >= 4 is 40.6 Å². The van der Waals surface area contributed by atoms with Gasteiger partial charge in [-0.3, -0.25) is 19.3 Å². The smallest absolute Gasteiger partial charge is 0.294 e. The first-order valence-electron chi connectivity index (χ1n) is 10.2. The minimum atomic E-state index is -0.436. The number of nitrogens with one attached hydrogen (secondary N) is 1. The molecule has 1 N–H and O–H groups in total. The first kappa shape index (κ1) is 20.9. The molecular weight excluding hydrogens is 406 g/mol. The number of carbonyl (C=O) groups excluding carboxylic acids is 3. The van der Waals surface area contributed by atoms with E-state index in [1.165, 1.54) is 0 Å². The zero-order chi connectivity index (χ0) is 20.9. The standard InChI is InChI=1S/C21H25N3O5S/c25-19(22-13-17-2-1-9-29-17)14-24-20(26)18(30-21(24)27)12-15-3-5-16(6-4-15)23-7-10-28-11-8-23/h3-6,12,17H,1-2,7-11,13-14H2,(H,22,25)/b18-12-/t17-/m0/s1. The molecule has 0 aromatic heterocycles. The number of rotatable bonds is 6. The molecule has 3 fully saturated rings. The molecule has 3 saturated heterocycles. The summed E-state index contributed by atoms with van der Waals surface area (Å²) in [6, 6.07) is 7.85. The summed E-state index contributed by atoms with van der Waals surface area (Å²) >= 11 is 0.861. The second-order valence-electron chi connectivity index (χ2n) is 7.40. The van der Waals surface area contributed by atoms with Crippen molar-refractivity contribution in [1.29, 1.82) is 0 Å². The average Bonchev–Trinajstić information content (AvgIpc) is 3.38. The Morgan fingerprint density at radius 1 is 1.17 bits per heavy atom. The van der Waals surface area contributed by atoms with Crippen LogP contribution in [-0.2, 0) is 19.1 Å². The quantitative estimate of drug-likeness (QED) is 0.688. The predicted molar refractivity (Wildman–Crippen MR) is 114 cm³/mol. The summed E-state index contributed by atoms with van der Waals surface area (Å²) < 4.78 is 10.8. The maximum absolute atomic E-state index is 12.6. The molecule has 160 valence electrons. The van der Waals surface area contributed by atoms with Crippen molar-refractivity contribution in [3.63, 3.8) is 0 Å². The van der Waals surface area contributed by atoms with Crippen LogP contribution >= 0.6 is 11.8 Å². The second kappa shape index (κ2) is 9.63. The molecule has 1 aromatic carbocycles. The fourth-order valence-corrected chi connectivity index (χ4v) is 4.46. The number of amides is 3. The van der Waals surface area contributed by atoms with Gasteiger partial charge in [-0.15, -0.1) is 0 Å². The van der Waals surface area contributed by atoms with Crippen LogP contribution in [0.3, 0.4) is 0 Å². The molecule has 9 heteroatoms. The molecule has 8 nitrogen and oxygen atoms in total. The Bertz CT molecular complexity index is 830. The number of anilines is 1. The Balaban J connectivity index is 1.34. The summed E-state index contributed by atoms with van der Waals surface area (Å²) in [6.45, 7) is 3.99. The fraction of sp³-hybridized carbons (Fsp3) is 0.476. The van der Waals surface area contributed by atoms with E-state index >= 15 is 0 Å². The fourth-order valence-electron chi connectivity index (χ4n) is 3.62. The summed E-state index contributed by atoms with van der Waals surface area (Å²) in [5.74, 6) is -0.793. The van der Waals surface area contributed by atoms with Gasteiger partial charge in [-0.1, -0.05) is 12.1 Å². The van der Waals surface area contributed by atoms with E-state index in [1.54, 1.807) is 6.08 Å². The number of imide groups is 1. The summed E-state index contributed by atoms with van der Waals surface area (Å²) in [6.07, 6.45) is 3.61. The SMILES string of the molecule is O=C(CN1C(=O)S/C(=C\c2ccc(N3CCOCC3)cc2)C1=O)NC[C@@H]1CCCO1. The third-order valence-corrected chi connectivity index (χ3v) is 6.20. The summed E-state index contributed by atoms with van der Waals surface area (Å²) in [4.78, 5) is 40.6. The van der Waals surface area contributed by atoms with Crippen molar-refractivity contribution in [2.75, 3.05) is 50.9 Å². The van der Waals surface area contributed by atoms with Crippen LogP contribution in [0.15, 0.2) is 29.2 Å². The molecule has 0 spiro atoms. The molecule has 0 radical (unpaired) electrons. The molecule has 0 saturated carbocycles. The molecular formula is C21H25N3O5S. The van der Waals surface area contributed by atoms with Gasteiger partial charge in [0.2, 0.25) is 5.91 Å². The highest BCUT2D eigenvalue weighted by Crippen LogP contribution is 2.32. The van der Waals surface area contributed by atoms with Gasteiger partial charge in [0.1, 0.15) is 6.54 Å². The summed E-state index contributed by atoms with van der Waals surface area (Å²) in [7, 11) is 0. The Hall–Kier alpha value is -2.36. The van der Waals surface area contributed by atoms with E-state index in [-0.39, 0.29) is 18.6 Å². The molecule has 1 atom stereocenters. The normalized spacial score (nSPS) is 23.5. The van der Waals surface area contributed by atoms with Crippen molar-refractivity contribution in [3.05, 3.63) is 34.7 Å². The molecule has 0 bridgehead atoms. The van der Waals surface area contributed by atoms with Crippen LogP contribution < -0.4 is 10.2 Å². The lowest BCUT2D eigenvalue weighted by atomic mass is 10.1. The van der Waals surface area contributed by atoms with E-state index in [1.807, 2.05) is 24.3 Å². The van der Waals surface area contributed by atoms with E-state index in [0.29, 0.717) is 18.1 Å². The number of carbonyl (C=O) groups is 3. The number of benzene rings is 1. The van der Waals surface area contributed by atoms with Gasteiger partial charge in [-0.25, -0.2) is 0 Å². The van der Waals surface area contributed by atoms with Crippen molar-refractivity contribution in [2.45, 2.75) is 18.9 Å². The lowest BCUT2D eigenvalue weighted by Gasteiger charge is -2.28. The number of nitrogens with zero attached hydrogens (tertiary/aromatic N) is 2. The Morgan fingerprint density at radius 3 is 2.63 bits per heavy atom. The van der Waals surface area contributed by atoms with E-state index in [9.17, 15) is 14.4 Å². The van der Waals surface area contributed by atoms with Crippen LogP contribution in [-0.4, -0.2) is 74.1 Å². The molecule has 1 aromatic rings. The van der Waals surface area contributed by atoms with Gasteiger partial charge in [-0.05, 0) is 48.4 Å². The number of morpholine rings is 1. The molecule has 4 rings (SSSR count). The number of ether oxygens (including phenoxy) is 2. The number of hydrogen-bond acceptors (Lipinski definition) is 7. The van der Waals surface area contributed by atoms with E-state index in [0.717, 1.165) is 67.1 Å². The van der Waals surface area contributed by atoms with Gasteiger partial charge in [0, 0.05) is 31.9 Å². The lowest BCUT2D eigenvalue weighted by Crippen LogP contribution is -2.41. The van der Waals surface area contributed by atoms with Crippen LogP contribution in [0.5, 0.6) is 0 Å². The van der Waals surface area contributed by atoms with Gasteiger partial charge in [0.15, 0.2) is 0 Å². The Labute approximate surface area is 179 Å². The molecule has 30 heavy (non-hydrogen) atoms. The predicted octanol–water partition coefficient (Wildman–Crippen LogP) is 1.85. The van der Waals surface area contributed by atoms with Crippen LogP contribution in [0.25, 0.3) is 6.08 Å². The highest BCUT2D eigenvalue weighted by atomic mass is 32.2. The third kappa shape index (κ3) is 5.03. The largest absolute Gasteiger partial charge is 0.378 e. The van der Waals surface area contributed by atoms with E-state index in [2.05, 4.69) is 10.2 Å². The van der Waals surface area contributed by atoms with Gasteiger partial charge in [0.25, 0.3) is 11.1 Å². The van der Waals surface area contributed by atoms with Crippen LogP contribution in [0.2, 0.25) is 0 Å². The zero-order valence-corrected chi connectivity index (χ0v) is 17.5. The lowest BCUT2D eigenvalue weighted by molar-refractivity contribution is -0.129. The van der Waals surface area contributed by atoms with Gasteiger partial charge < -0.3 is 19.7 Å². The number of hydrogen-bond donors (Lipinski definition) is 1. The van der Waals surface area contributed by atoms with Gasteiger partial charge in [0.05, 0.1) is 24.2 Å². The third-order valence-electron chi connectivity index (χ3n) is 5.29. The second-order valence-corrected chi connectivity index (χ2v) is 8.39. The Morgan fingerprint density at radius 2 is 1.93 bits per heavy atom. The molecule has 0 aliphatic carbocycles. The summed E-state index contributed by atoms with van der Waals surface area (Å²) in [5.41, 5.74) is 1.94. The first-order valence-corrected chi connectivity index (χ1v) is 11.0. The molecule has 3 heterocycles. The van der Waals surface area contributed by atoms with E-state index < -0.39 is 11.1 Å². The average molecular weight is 432 g/mol. The highest BCUT2D eigenvalue weighted by molar-refractivity contribution is 8.18. The van der Waals surface area contributed by atoms with E-state index in [4.69, 9.17) is 9.47 Å². The molecule has 3 amide bonds. The van der Waals surface area contributed by atoms with Gasteiger partial charge in [-0.2, -0.15) is 0 Å². The molecule has 3 aliphatic heterocycles. The molecule has 0 unspecified atom stereocenters. The zero-order valence-electron chi connectivity index (χ0n) is 16.7. The monoisotopic (exact) mass is 431 g/mol. The first-order chi connectivity index (χ1) is 14.6. The van der Waals surface area contributed by atoms with Crippen molar-refractivity contribution in [1.82, 2.24) is 10.2 Å². The van der Waals surface area contributed by atoms with Crippen molar-refractivity contribution in [2.24, 2.45) is 0 Å². The topological polar surface area (TPSA) is 88.2 Å². The maximum Gasteiger partial charge on any atom is 0.294 e. The minimum Gasteiger partial charge on any atom is -0.378 e. The van der Waals surface area contributed by atoms with Crippen LogP contribution in [0.4, 0.5) is 10.5 Å². The van der Waals surface area contributed by atoms with Crippen LogP contribution in [0.1, 0.15) is 18.4 Å².